The Hall–Kier alpha value is -1.53. The van der Waals surface area contributed by atoms with Crippen LogP contribution in [0.2, 0.25) is 0 Å². The summed E-state index contributed by atoms with van der Waals surface area (Å²) in [7, 11) is 0. The summed E-state index contributed by atoms with van der Waals surface area (Å²) in [4.78, 5) is 16.6. The second kappa shape index (κ2) is 4.99. The number of hydrogen-bond acceptors (Lipinski definition) is 5. The minimum atomic E-state index is -0.147. The van der Waals surface area contributed by atoms with E-state index in [1.807, 2.05) is 20.8 Å². The molecule has 2 rings (SSSR count). The van der Waals surface area contributed by atoms with Crippen molar-refractivity contribution in [1.29, 1.82) is 0 Å². The Balaban J connectivity index is 2.33. The lowest BCUT2D eigenvalue weighted by atomic mass is 10.2. The maximum Gasteiger partial charge on any atom is 0.230 e. The molecule has 2 aromatic rings. The van der Waals surface area contributed by atoms with E-state index < -0.39 is 0 Å². The van der Waals surface area contributed by atoms with Crippen LogP contribution in [0.3, 0.4) is 0 Å². The molecular weight excluding hydrogens is 248 g/mol. The number of aromatic nitrogens is 3. The second-order valence-corrected chi connectivity index (χ2v) is 5.33. The Bertz CT molecular complexity index is 556. The van der Waals surface area contributed by atoms with Crippen LogP contribution in [0.15, 0.2) is 17.6 Å². The lowest BCUT2D eigenvalue weighted by molar-refractivity contribution is 0.102. The van der Waals surface area contributed by atoms with Crippen molar-refractivity contribution in [1.82, 2.24) is 14.8 Å². The Morgan fingerprint density at radius 3 is 2.72 bits per heavy atom. The van der Waals surface area contributed by atoms with Gasteiger partial charge in [-0.25, -0.2) is 4.98 Å². The van der Waals surface area contributed by atoms with Crippen molar-refractivity contribution >= 4 is 17.1 Å². The molecule has 2 heterocycles. The lowest BCUT2D eigenvalue weighted by Gasteiger charge is -2.08. The third kappa shape index (κ3) is 2.34. The predicted molar refractivity (Wildman–Crippen MR) is 70.8 cm³/mol. The summed E-state index contributed by atoms with van der Waals surface area (Å²) in [5, 5.41) is 6.67. The van der Waals surface area contributed by atoms with Gasteiger partial charge < -0.3 is 5.73 Å². The Labute approximate surface area is 110 Å². The number of ketones is 1. The summed E-state index contributed by atoms with van der Waals surface area (Å²) in [6, 6.07) is 1.71. The van der Waals surface area contributed by atoms with E-state index in [4.69, 9.17) is 5.73 Å². The molecule has 0 bridgehead atoms. The first-order valence-corrected chi connectivity index (χ1v) is 6.68. The van der Waals surface area contributed by atoms with Gasteiger partial charge in [0.25, 0.3) is 0 Å². The lowest BCUT2D eigenvalue weighted by Crippen LogP contribution is -2.14. The molecule has 0 radical (unpaired) electrons. The summed E-state index contributed by atoms with van der Waals surface area (Å²) in [5.74, 6) is -0.107. The second-order valence-electron chi connectivity index (χ2n) is 4.44. The summed E-state index contributed by atoms with van der Waals surface area (Å²) >= 11 is 1.41. The van der Waals surface area contributed by atoms with Gasteiger partial charge in [0.15, 0.2) is 0 Å². The maximum atomic E-state index is 12.3. The summed E-state index contributed by atoms with van der Waals surface area (Å²) in [5.41, 5.74) is 6.74. The van der Waals surface area contributed by atoms with Crippen LogP contribution >= 0.6 is 11.3 Å². The van der Waals surface area contributed by atoms with Crippen molar-refractivity contribution in [2.45, 2.75) is 32.9 Å². The first kappa shape index (κ1) is 12.9. The zero-order valence-corrected chi connectivity index (χ0v) is 11.4. The number of nitrogens with zero attached hydrogens (tertiary/aromatic N) is 3. The zero-order valence-electron chi connectivity index (χ0n) is 10.6. The van der Waals surface area contributed by atoms with Gasteiger partial charge in [-0.15, -0.1) is 11.3 Å². The molecule has 1 unspecified atom stereocenters. The van der Waals surface area contributed by atoms with E-state index in [2.05, 4.69) is 10.1 Å². The fourth-order valence-corrected chi connectivity index (χ4v) is 2.40. The van der Waals surface area contributed by atoms with E-state index in [0.29, 0.717) is 11.4 Å². The largest absolute Gasteiger partial charge is 0.322 e. The fraction of sp³-hybridized carbons (Fsp3) is 0.417. The van der Waals surface area contributed by atoms with E-state index in [1.54, 1.807) is 22.3 Å². The minimum Gasteiger partial charge on any atom is -0.322 e. The molecule has 0 aliphatic carbocycles. The fourth-order valence-electron chi connectivity index (χ4n) is 1.64. The van der Waals surface area contributed by atoms with Gasteiger partial charge in [-0.2, -0.15) is 5.10 Å². The number of thiazole rings is 1. The molecule has 18 heavy (non-hydrogen) atoms. The number of rotatable bonds is 4. The summed E-state index contributed by atoms with van der Waals surface area (Å²) in [6.45, 7) is 5.82. The molecule has 0 fully saturated rings. The summed E-state index contributed by atoms with van der Waals surface area (Å²) in [6.07, 6.45) is 1.63. The quantitative estimate of drug-likeness (QED) is 0.859. The van der Waals surface area contributed by atoms with Crippen LogP contribution in [-0.4, -0.2) is 20.5 Å². The van der Waals surface area contributed by atoms with Gasteiger partial charge in [0.05, 0.1) is 6.04 Å². The Kier molecular flexibility index (Phi) is 3.58. The molecule has 96 valence electrons. The summed E-state index contributed by atoms with van der Waals surface area (Å²) < 4.78 is 1.70. The van der Waals surface area contributed by atoms with E-state index in [9.17, 15) is 4.79 Å². The van der Waals surface area contributed by atoms with Gasteiger partial charge >= 0.3 is 0 Å². The van der Waals surface area contributed by atoms with E-state index in [1.165, 1.54) is 11.3 Å². The predicted octanol–water partition coefficient (Wildman–Crippen LogP) is 2.17. The molecule has 0 saturated carbocycles. The van der Waals surface area contributed by atoms with Crippen molar-refractivity contribution in [3.8, 4) is 0 Å². The van der Waals surface area contributed by atoms with Crippen LogP contribution < -0.4 is 5.73 Å². The molecule has 0 aliphatic heterocycles. The molecule has 1 atom stereocenters. The number of carbonyl (C=O) groups excluding carboxylic acids is 1. The molecule has 0 spiro atoms. The van der Waals surface area contributed by atoms with Crippen LogP contribution in [0.25, 0.3) is 0 Å². The molecule has 0 saturated heterocycles. The number of hydrogen-bond donors (Lipinski definition) is 1. The van der Waals surface area contributed by atoms with Gasteiger partial charge in [0.2, 0.25) is 5.78 Å². The van der Waals surface area contributed by atoms with Crippen molar-refractivity contribution in [2.75, 3.05) is 0 Å². The minimum absolute atomic E-state index is 0.107. The van der Waals surface area contributed by atoms with E-state index >= 15 is 0 Å². The van der Waals surface area contributed by atoms with Gasteiger partial charge in [-0.1, -0.05) is 0 Å². The van der Waals surface area contributed by atoms with Crippen LogP contribution in [0.5, 0.6) is 0 Å². The van der Waals surface area contributed by atoms with Gasteiger partial charge in [-0.3, -0.25) is 9.48 Å². The third-order valence-electron chi connectivity index (χ3n) is 2.54. The average molecular weight is 264 g/mol. The molecular formula is C12H16N4OS. The SMILES string of the molecule is CC(N)c1nc(C(=O)c2ccnn2C(C)C)cs1. The van der Waals surface area contributed by atoms with Crippen molar-refractivity contribution in [3.05, 3.63) is 34.0 Å². The number of nitrogens with two attached hydrogens (primary N) is 1. The highest BCUT2D eigenvalue weighted by atomic mass is 32.1. The van der Waals surface area contributed by atoms with Crippen LogP contribution in [0.1, 0.15) is 54.0 Å². The topological polar surface area (TPSA) is 73.8 Å². The molecule has 5 nitrogen and oxygen atoms in total. The van der Waals surface area contributed by atoms with Crippen molar-refractivity contribution in [2.24, 2.45) is 5.73 Å². The van der Waals surface area contributed by atoms with E-state index in [0.717, 1.165) is 5.01 Å². The molecule has 0 aromatic carbocycles. The molecule has 2 aromatic heterocycles. The molecule has 0 aliphatic rings. The molecule has 2 N–H and O–H groups in total. The third-order valence-corrected chi connectivity index (χ3v) is 3.58. The molecule has 0 amide bonds. The normalized spacial score (nSPS) is 12.9. The van der Waals surface area contributed by atoms with Crippen LogP contribution in [-0.2, 0) is 0 Å². The van der Waals surface area contributed by atoms with Gasteiger partial charge in [0, 0.05) is 17.6 Å². The smallest absolute Gasteiger partial charge is 0.230 e. The van der Waals surface area contributed by atoms with E-state index in [-0.39, 0.29) is 17.9 Å². The Morgan fingerprint density at radius 1 is 1.44 bits per heavy atom. The van der Waals surface area contributed by atoms with Crippen LogP contribution in [0.4, 0.5) is 0 Å². The highest BCUT2D eigenvalue weighted by Gasteiger charge is 2.19. The van der Waals surface area contributed by atoms with Gasteiger partial charge in [0.1, 0.15) is 16.4 Å². The standard InChI is InChI=1S/C12H16N4OS/c1-7(2)16-10(4-5-14-16)11(17)9-6-18-12(15-9)8(3)13/h4-8H,13H2,1-3H3. The highest BCUT2D eigenvalue weighted by molar-refractivity contribution is 7.09. The van der Waals surface area contributed by atoms with Crippen LogP contribution in [0, 0.1) is 0 Å². The van der Waals surface area contributed by atoms with Crippen molar-refractivity contribution < 1.29 is 4.79 Å². The number of carbonyl (C=O) groups is 1. The first-order chi connectivity index (χ1) is 8.50. The maximum absolute atomic E-state index is 12.3. The first-order valence-electron chi connectivity index (χ1n) is 5.80. The van der Waals surface area contributed by atoms with Crippen molar-refractivity contribution in [3.63, 3.8) is 0 Å². The Morgan fingerprint density at radius 2 is 2.17 bits per heavy atom. The average Bonchev–Trinajstić information content (AvgIpc) is 2.97. The monoisotopic (exact) mass is 264 g/mol. The molecule has 6 heteroatoms. The highest BCUT2D eigenvalue weighted by Crippen LogP contribution is 2.19. The zero-order chi connectivity index (χ0) is 13.3. The van der Waals surface area contributed by atoms with Gasteiger partial charge in [-0.05, 0) is 26.8 Å².